The van der Waals surface area contributed by atoms with E-state index in [0.29, 0.717) is 18.0 Å². The number of rotatable bonds is 7. The van der Waals surface area contributed by atoms with Gasteiger partial charge in [0.05, 0.1) is 11.4 Å². The Morgan fingerprint density at radius 1 is 1.13 bits per heavy atom. The maximum atomic E-state index is 13.0. The summed E-state index contributed by atoms with van der Waals surface area (Å²) < 4.78 is 20.5. The smallest absolute Gasteiger partial charge is 0.268 e. The molecule has 2 aromatic carbocycles. The summed E-state index contributed by atoms with van der Waals surface area (Å²) in [6.07, 6.45) is 1.52. The van der Waals surface area contributed by atoms with Crippen molar-refractivity contribution < 1.29 is 13.9 Å². The Labute approximate surface area is 183 Å². The molecule has 4 aromatic rings. The first kappa shape index (κ1) is 20.7. The number of ether oxygens (including phenoxy) is 1. The standard InChI is InChI=1S/C23H21FN4O2S/c1-15-3-8-20(16(2)9-15)30-12-18-10-21(31-13-18)22(29)26-23-25-14-28(27-23)11-17-4-6-19(24)7-5-17/h3-10,13-14H,11-12H2,1-2H3,(H,26,27,29). The molecule has 0 spiro atoms. The van der Waals surface area contributed by atoms with Crippen LogP contribution in [0.3, 0.4) is 0 Å². The van der Waals surface area contributed by atoms with E-state index in [1.54, 1.807) is 22.9 Å². The van der Waals surface area contributed by atoms with Crippen LogP contribution in [0.2, 0.25) is 0 Å². The first-order valence-electron chi connectivity index (χ1n) is 9.69. The molecule has 0 atom stereocenters. The van der Waals surface area contributed by atoms with Gasteiger partial charge in [0, 0.05) is 5.56 Å². The Morgan fingerprint density at radius 3 is 2.71 bits per heavy atom. The van der Waals surface area contributed by atoms with Crippen molar-refractivity contribution in [1.29, 1.82) is 0 Å². The van der Waals surface area contributed by atoms with Crippen LogP contribution in [-0.4, -0.2) is 20.7 Å². The molecule has 0 aliphatic heterocycles. The van der Waals surface area contributed by atoms with Crippen LogP contribution in [0.4, 0.5) is 10.3 Å². The third kappa shape index (κ3) is 5.35. The average Bonchev–Trinajstić information content (AvgIpc) is 3.39. The second kappa shape index (κ2) is 9.09. The second-order valence-corrected chi connectivity index (χ2v) is 8.13. The van der Waals surface area contributed by atoms with Gasteiger partial charge in [0.25, 0.3) is 5.91 Å². The number of nitrogens with one attached hydrogen (secondary N) is 1. The van der Waals surface area contributed by atoms with Crippen LogP contribution >= 0.6 is 11.3 Å². The van der Waals surface area contributed by atoms with E-state index >= 15 is 0 Å². The summed E-state index contributed by atoms with van der Waals surface area (Å²) in [5.41, 5.74) is 4.07. The molecule has 0 aliphatic rings. The molecule has 0 fully saturated rings. The normalized spacial score (nSPS) is 10.8. The molecule has 0 radical (unpaired) electrons. The molecule has 1 N–H and O–H groups in total. The summed E-state index contributed by atoms with van der Waals surface area (Å²) in [6.45, 7) is 4.87. The minimum atomic E-state index is -0.287. The van der Waals surface area contributed by atoms with Gasteiger partial charge in [0.2, 0.25) is 5.95 Å². The third-order valence-corrected chi connectivity index (χ3v) is 5.60. The van der Waals surface area contributed by atoms with Gasteiger partial charge < -0.3 is 4.74 Å². The number of amides is 1. The summed E-state index contributed by atoms with van der Waals surface area (Å²) >= 11 is 1.34. The number of nitrogens with zero attached hydrogens (tertiary/aromatic N) is 3. The minimum Gasteiger partial charge on any atom is -0.489 e. The number of anilines is 1. The van der Waals surface area contributed by atoms with Crippen molar-refractivity contribution in [3.63, 3.8) is 0 Å². The Balaban J connectivity index is 1.33. The van der Waals surface area contributed by atoms with Crippen LogP contribution in [0.5, 0.6) is 5.75 Å². The molecule has 0 unspecified atom stereocenters. The number of thiophene rings is 1. The largest absolute Gasteiger partial charge is 0.489 e. The van der Waals surface area contributed by atoms with Gasteiger partial charge in [-0.15, -0.1) is 16.4 Å². The van der Waals surface area contributed by atoms with Crippen LogP contribution in [0.1, 0.15) is 31.9 Å². The monoisotopic (exact) mass is 436 g/mol. The maximum Gasteiger partial charge on any atom is 0.268 e. The van der Waals surface area contributed by atoms with Crippen LogP contribution in [0.15, 0.2) is 60.2 Å². The Hall–Kier alpha value is -3.52. The SMILES string of the molecule is Cc1ccc(OCc2csc(C(=O)Nc3ncn(Cc4ccc(F)cc4)n3)c2)c(C)c1. The number of hydrogen-bond acceptors (Lipinski definition) is 5. The predicted octanol–water partition coefficient (Wildman–Crippen LogP) is 4.98. The van der Waals surface area contributed by atoms with Crippen molar-refractivity contribution in [3.05, 3.63) is 93.2 Å². The van der Waals surface area contributed by atoms with Crippen molar-refractivity contribution in [1.82, 2.24) is 14.8 Å². The summed E-state index contributed by atoms with van der Waals surface area (Å²) in [5.74, 6) is 0.486. The Bertz CT molecular complexity index is 1200. The van der Waals surface area contributed by atoms with Crippen molar-refractivity contribution in [2.45, 2.75) is 27.0 Å². The van der Waals surface area contributed by atoms with E-state index in [-0.39, 0.29) is 17.7 Å². The number of carbonyl (C=O) groups excluding carboxylic acids is 1. The van der Waals surface area contributed by atoms with Crippen LogP contribution in [-0.2, 0) is 13.2 Å². The number of aromatic nitrogens is 3. The lowest BCUT2D eigenvalue weighted by atomic mass is 10.1. The zero-order valence-electron chi connectivity index (χ0n) is 17.1. The van der Waals surface area contributed by atoms with Crippen molar-refractivity contribution >= 4 is 23.2 Å². The molecule has 158 valence electrons. The maximum absolute atomic E-state index is 13.0. The van der Waals surface area contributed by atoms with Crippen molar-refractivity contribution in [2.24, 2.45) is 0 Å². The average molecular weight is 437 g/mol. The molecule has 0 saturated carbocycles. The van der Waals surface area contributed by atoms with E-state index in [1.165, 1.54) is 35.4 Å². The molecule has 0 saturated heterocycles. The van der Waals surface area contributed by atoms with Gasteiger partial charge in [0.1, 0.15) is 24.5 Å². The van der Waals surface area contributed by atoms with Gasteiger partial charge in [-0.05, 0) is 54.6 Å². The first-order valence-corrected chi connectivity index (χ1v) is 10.6. The molecule has 4 rings (SSSR count). The molecule has 6 nitrogen and oxygen atoms in total. The Morgan fingerprint density at radius 2 is 1.94 bits per heavy atom. The number of hydrogen-bond donors (Lipinski definition) is 1. The minimum absolute atomic E-state index is 0.216. The van der Waals surface area contributed by atoms with E-state index in [2.05, 4.69) is 21.5 Å². The number of aryl methyl sites for hydroxylation is 2. The lowest BCUT2D eigenvalue weighted by Crippen LogP contribution is -2.12. The lowest BCUT2D eigenvalue weighted by Gasteiger charge is -2.08. The fourth-order valence-corrected chi connectivity index (χ4v) is 3.85. The third-order valence-electron chi connectivity index (χ3n) is 4.62. The highest BCUT2D eigenvalue weighted by Crippen LogP contribution is 2.22. The molecular formula is C23H21FN4O2S. The highest BCUT2D eigenvalue weighted by Gasteiger charge is 2.13. The Kier molecular flexibility index (Phi) is 6.08. The summed E-state index contributed by atoms with van der Waals surface area (Å²) in [5, 5.41) is 8.86. The molecular weight excluding hydrogens is 415 g/mol. The highest BCUT2D eigenvalue weighted by molar-refractivity contribution is 7.12. The summed E-state index contributed by atoms with van der Waals surface area (Å²) in [4.78, 5) is 17.2. The van der Waals surface area contributed by atoms with E-state index < -0.39 is 0 Å². The number of carbonyl (C=O) groups is 1. The molecule has 0 aliphatic carbocycles. The van der Waals surface area contributed by atoms with E-state index in [0.717, 1.165) is 22.4 Å². The lowest BCUT2D eigenvalue weighted by molar-refractivity contribution is 0.102. The predicted molar refractivity (Wildman–Crippen MR) is 118 cm³/mol. The van der Waals surface area contributed by atoms with E-state index in [9.17, 15) is 9.18 Å². The molecule has 2 aromatic heterocycles. The fraction of sp³-hybridized carbons (Fsp3) is 0.174. The van der Waals surface area contributed by atoms with E-state index in [1.807, 2.05) is 31.4 Å². The summed E-state index contributed by atoms with van der Waals surface area (Å²) in [7, 11) is 0. The van der Waals surface area contributed by atoms with Crippen LogP contribution < -0.4 is 10.1 Å². The van der Waals surface area contributed by atoms with E-state index in [4.69, 9.17) is 4.74 Å². The highest BCUT2D eigenvalue weighted by atomic mass is 32.1. The van der Waals surface area contributed by atoms with Gasteiger partial charge in [-0.2, -0.15) is 0 Å². The van der Waals surface area contributed by atoms with Crippen molar-refractivity contribution in [2.75, 3.05) is 5.32 Å². The van der Waals surface area contributed by atoms with Gasteiger partial charge in [-0.1, -0.05) is 29.8 Å². The van der Waals surface area contributed by atoms with Crippen LogP contribution in [0, 0.1) is 19.7 Å². The first-order chi connectivity index (χ1) is 15.0. The van der Waals surface area contributed by atoms with Gasteiger partial charge >= 0.3 is 0 Å². The molecule has 1 amide bonds. The summed E-state index contributed by atoms with van der Waals surface area (Å²) in [6, 6.07) is 14.0. The number of benzene rings is 2. The van der Waals surface area contributed by atoms with Crippen molar-refractivity contribution in [3.8, 4) is 5.75 Å². The molecule has 2 heterocycles. The van der Waals surface area contributed by atoms with Gasteiger partial charge in [-0.3, -0.25) is 10.1 Å². The quantitative estimate of drug-likeness (QED) is 0.444. The topological polar surface area (TPSA) is 69.0 Å². The molecule has 0 bridgehead atoms. The number of halogens is 1. The van der Waals surface area contributed by atoms with Crippen LogP contribution in [0.25, 0.3) is 0 Å². The zero-order chi connectivity index (χ0) is 21.8. The molecule has 8 heteroatoms. The fourth-order valence-electron chi connectivity index (χ4n) is 3.06. The molecule has 31 heavy (non-hydrogen) atoms. The zero-order valence-corrected chi connectivity index (χ0v) is 17.9. The van der Waals surface area contributed by atoms with Gasteiger partial charge in [0.15, 0.2) is 0 Å². The second-order valence-electron chi connectivity index (χ2n) is 7.22. The van der Waals surface area contributed by atoms with Gasteiger partial charge in [-0.25, -0.2) is 14.1 Å².